The maximum atomic E-state index is 5.55. The van der Waals surface area contributed by atoms with Crippen LogP contribution in [-0.2, 0) is 0 Å². The van der Waals surface area contributed by atoms with Crippen molar-refractivity contribution in [2.24, 2.45) is 0 Å². The normalized spacial score (nSPS) is 12.3. The number of rotatable bonds is 7. The Kier molecular flexibility index (Phi) is 7.99. The van der Waals surface area contributed by atoms with Gasteiger partial charge in [-0.25, -0.2) is 0 Å². The average molecular weight is 699 g/mol. The molecule has 9 rings (SSSR count). The van der Waals surface area contributed by atoms with E-state index in [2.05, 4.69) is 156 Å². The minimum absolute atomic E-state index is 0.854. The molecule has 0 atom stereocenters. The Morgan fingerprint density at radius 3 is 1.35 bits per heavy atom. The van der Waals surface area contributed by atoms with Gasteiger partial charge >= 0.3 is 0 Å². The number of anilines is 6. The van der Waals surface area contributed by atoms with Crippen molar-refractivity contribution < 1.29 is 9.47 Å². The number of ether oxygens (including phenoxy) is 2. The molecule has 0 unspecified atom stereocenters. The van der Waals surface area contributed by atoms with Crippen molar-refractivity contribution in [3.8, 4) is 11.5 Å². The Morgan fingerprint density at radius 1 is 0.412 bits per heavy atom. The fourth-order valence-corrected chi connectivity index (χ4v) is 8.84. The number of thioether (sulfide) groups is 1. The smallest absolute Gasteiger partial charge is 0.119 e. The van der Waals surface area contributed by atoms with Crippen LogP contribution >= 0.6 is 23.5 Å². The fraction of sp³-hybridized carbons (Fsp3) is 0.0667. The third-order valence-corrected chi connectivity index (χ3v) is 11.6. The van der Waals surface area contributed by atoms with E-state index in [1.165, 1.54) is 25.5 Å². The molecule has 0 bridgehead atoms. The Labute approximate surface area is 306 Å². The van der Waals surface area contributed by atoms with Crippen LogP contribution in [0, 0.1) is 0 Å². The van der Waals surface area contributed by atoms with E-state index >= 15 is 0 Å². The van der Waals surface area contributed by atoms with Crippen molar-refractivity contribution in [3.05, 3.63) is 152 Å². The zero-order valence-electron chi connectivity index (χ0n) is 28.5. The highest BCUT2D eigenvalue weighted by atomic mass is 32.2. The lowest BCUT2D eigenvalue weighted by Gasteiger charge is -2.41. The van der Waals surface area contributed by atoms with E-state index in [9.17, 15) is 0 Å². The van der Waals surface area contributed by atoms with Crippen LogP contribution in [-0.4, -0.2) is 20.5 Å². The van der Waals surface area contributed by atoms with Crippen molar-refractivity contribution in [2.75, 3.05) is 30.3 Å². The Balaban J connectivity index is 1.33. The van der Waals surface area contributed by atoms with Gasteiger partial charge in [-0.3, -0.25) is 0 Å². The van der Waals surface area contributed by atoms with Gasteiger partial charge < -0.3 is 19.3 Å². The van der Waals surface area contributed by atoms with Gasteiger partial charge in [-0.1, -0.05) is 78.5 Å². The Morgan fingerprint density at radius 2 is 0.843 bits per heavy atom. The SMILES string of the molecule is COc1ccc2cc(N3c4cc(SC)c(Sc5ccccc5)cc4N(c4ccc5cc(OC)ccc5c4)c4cc5ccccc5cc43)ccc2c1. The molecule has 1 aliphatic rings. The maximum Gasteiger partial charge on any atom is 0.119 e. The first-order valence-corrected chi connectivity index (χ1v) is 18.9. The third kappa shape index (κ3) is 5.61. The standard InChI is InChI=1S/C45H34N2O2S2/c1-48-37-19-15-31-21-35(17-13-33(31)23-37)46-40-25-29-9-7-8-10-30(29)26-41(40)47(36-18-14-34-24-38(49-2)20-16-32(34)22-36)43-28-45(44(50-3)27-42(43)46)51-39-11-5-4-6-12-39/h4-28H,1-3H3. The van der Waals surface area contributed by atoms with Crippen molar-refractivity contribution >= 4 is 90.0 Å². The Bertz CT molecular complexity index is 2610. The van der Waals surface area contributed by atoms with Crippen LogP contribution in [0.3, 0.4) is 0 Å². The van der Waals surface area contributed by atoms with Gasteiger partial charge in [-0.15, -0.1) is 11.8 Å². The largest absolute Gasteiger partial charge is 0.497 e. The second-order valence-corrected chi connectivity index (χ2v) is 14.5. The number of hydrogen-bond donors (Lipinski definition) is 0. The summed E-state index contributed by atoms with van der Waals surface area (Å²) in [5.74, 6) is 1.71. The van der Waals surface area contributed by atoms with E-state index in [1.807, 2.05) is 23.9 Å². The zero-order chi connectivity index (χ0) is 34.5. The molecule has 0 N–H and O–H groups in total. The molecule has 6 heteroatoms. The minimum Gasteiger partial charge on any atom is -0.497 e. The predicted molar refractivity (Wildman–Crippen MR) is 217 cm³/mol. The van der Waals surface area contributed by atoms with E-state index in [0.29, 0.717) is 0 Å². The van der Waals surface area contributed by atoms with E-state index in [0.717, 1.165) is 67.2 Å². The van der Waals surface area contributed by atoms with Gasteiger partial charge in [0, 0.05) is 26.1 Å². The summed E-state index contributed by atoms with van der Waals surface area (Å²) < 4.78 is 11.1. The van der Waals surface area contributed by atoms with Crippen LogP contribution in [0.2, 0.25) is 0 Å². The van der Waals surface area contributed by atoms with Gasteiger partial charge in [0.2, 0.25) is 0 Å². The molecular formula is C45H34N2O2S2. The number of nitrogens with zero attached hydrogens (tertiary/aromatic N) is 2. The van der Waals surface area contributed by atoms with Crippen LogP contribution in [0.5, 0.6) is 11.5 Å². The van der Waals surface area contributed by atoms with Gasteiger partial charge in [0.05, 0.1) is 37.0 Å². The molecule has 1 heterocycles. The highest BCUT2D eigenvalue weighted by molar-refractivity contribution is 8.02. The quantitative estimate of drug-likeness (QED) is 0.154. The number of hydrogen-bond acceptors (Lipinski definition) is 6. The van der Waals surface area contributed by atoms with Crippen LogP contribution in [0.4, 0.5) is 34.1 Å². The highest BCUT2D eigenvalue weighted by Crippen LogP contribution is 2.57. The van der Waals surface area contributed by atoms with Gasteiger partial charge in [-0.05, 0) is 124 Å². The van der Waals surface area contributed by atoms with Crippen LogP contribution in [0.1, 0.15) is 0 Å². The molecule has 8 aromatic rings. The second kappa shape index (κ2) is 13.0. The lowest BCUT2D eigenvalue weighted by molar-refractivity contribution is 0.415. The molecule has 0 spiro atoms. The third-order valence-electron chi connectivity index (χ3n) is 9.62. The lowest BCUT2D eigenvalue weighted by Crippen LogP contribution is -2.24. The summed E-state index contributed by atoms with van der Waals surface area (Å²) >= 11 is 3.60. The van der Waals surface area contributed by atoms with Crippen molar-refractivity contribution in [2.45, 2.75) is 14.7 Å². The van der Waals surface area contributed by atoms with E-state index in [4.69, 9.17) is 9.47 Å². The number of benzene rings is 8. The fourth-order valence-electron chi connectivity index (χ4n) is 7.10. The van der Waals surface area contributed by atoms with Crippen LogP contribution in [0.15, 0.2) is 166 Å². The summed E-state index contributed by atoms with van der Waals surface area (Å²) in [6.07, 6.45) is 2.17. The average Bonchev–Trinajstić information content (AvgIpc) is 3.18. The summed E-state index contributed by atoms with van der Waals surface area (Å²) in [5.41, 5.74) is 6.70. The molecule has 0 radical (unpaired) electrons. The van der Waals surface area contributed by atoms with Crippen molar-refractivity contribution in [3.63, 3.8) is 0 Å². The first-order valence-electron chi connectivity index (χ1n) is 16.8. The molecule has 8 aromatic carbocycles. The zero-order valence-corrected chi connectivity index (χ0v) is 30.1. The molecule has 4 nitrogen and oxygen atoms in total. The topological polar surface area (TPSA) is 24.9 Å². The highest BCUT2D eigenvalue weighted by Gasteiger charge is 2.33. The molecule has 0 aliphatic carbocycles. The molecule has 0 saturated heterocycles. The van der Waals surface area contributed by atoms with Crippen LogP contribution in [0.25, 0.3) is 32.3 Å². The molecule has 51 heavy (non-hydrogen) atoms. The maximum absolute atomic E-state index is 5.55. The Hall–Kier alpha value is -5.56. The monoisotopic (exact) mass is 698 g/mol. The molecular weight excluding hydrogens is 665 g/mol. The van der Waals surface area contributed by atoms with Crippen molar-refractivity contribution in [1.29, 1.82) is 0 Å². The van der Waals surface area contributed by atoms with E-state index in [1.54, 1.807) is 26.0 Å². The number of methoxy groups -OCH3 is 2. The molecule has 0 aromatic heterocycles. The van der Waals surface area contributed by atoms with Gasteiger partial charge in [0.1, 0.15) is 11.5 Å². The summed E-state index contributed by atoms with van der Waals surface area (Å²) in [4.78, 5) is 8.55. The van der Waals surface area contributed by atoms with Crippen molar-refractivity contribution in [1.82, 2.24) is 0 Å². The first-order chi connectivity index (χ1) is 25.1. The molecule has 0 saturated carbocycles. The van der Waals surface area contributed by atoms with Crippen LogP contribution < -0.4 is 19.3 Å². The lowest BCUT2D eigenvalue weighted by atomic mass is 9.99. The minimum atomic E-state index is 0.854. The van der Waals surface area contributed by atoms with E-state index < -0.39 is 0 Å². The molecule has 248 valence electrons. The molecule has 0 fully saturated rings. The number of fused-ring (bicyclic) bond motifs is 5. The summed E-state index contributed by atoms with van der Waals surface area (Å²) in [6, 6.07) is 54.8. The van der Waals surface area contributed by atoms with Gasteiger partial charge in [0.25, 0.3) is 0 Å². The van der Waals surface area contributed by atoms with Gasteiger partial charge in [0.15, 0.2) is 0 Å². The second-order valence-electron chi connectivity index (χ2n) is 12.6. The van der Waals surface area contributed by atoms with E-state index in [-0.39, 0.29) is 0 Å². The molecule has 0 amide bonds. The van der Waals surface area contributed by atoms with Gasteiger partial charge in [-0.2, -0.15) is 0 Å². The summed E-state index contributed by atoms with van der Waals surface area (Å²) in [5, 5.41) is 6.99. The summed E-state index contributed by atoms with van der Waals surface area (Å²) in [7, 11) is 3.43. The first kappa shape index (κ1) is 31.4. The molecule has 1 aliphatic heterocycles. The predicted octanol–water partition coefficient (Wildman–Crippen LogP) is 13.3. The summed E-state index contributed by atoms with van der Waals surface area (Å²) in [6.45, 7) is 0.